The van der Waals surface area contributed by atoms with Crippen molar-refractivity contribution in [3.05, 3.63) is 14.4 Å². The van der Waals surface area contributed by atoms with Crippen LogP contribution in [0.1, 0.15) is 33.6 Å². The van der Waals surface area contributed by atoms with Gasteiger partial charge in [-0.2, -0.15) is 6.42 Å². The van der Waals surface area contributed by atoms with Crippen molar-refractivity contribution in [1.82, 2.24) is 0 Å². The van der Waals surface area contributed by atoms with Crippen molar-refractivity contribution in [3.8, 4) is 0 Å². The summed E-state index contributed by atoms with van der Waals surface area (Å²) in [7, 11) is 0. The van der Waals surface area contributed by atoms with Crippen LogP contribution in [0.4, 0.5) is 0 Å². The maximum atomic E-state index is 3.60. The third-order valence-corrected chi connectivity index (χ3v) is 0.354. The van der Waals surface area contributed by atoms with Gasteiger partial charge in [0.15, 0.2) is 0 Å². The van der Waals surface area contributed by atoms with Crippen molar-refractivity contribution >= 4 is 0 Å². The SMILES string of the molecule is CC.[CH2-]CCC.[CH3-].[Y]. The van der Waals surface area contributed by atoms with Gasteiger partial charge in [-0.1, -0.05) is 27.2 Å². The van der Waals surface area contributed by atoms with Gasteiger partial charge in [0.2, 0.25) is 0 Å². The minimum Gasteiger partial charge on any atom is -0.358 e. The average Bonchev–Trinajstić information content (AvgIpc) is 1.72. The average molecular weight is 191 g/mol. The van der Waals surface area contributed by atoms with E-state index in [0.717, 1.165) is 6.42 Å². The maximum absolute atomic E-state index is 3.60. The largest absolute Gasteiger partial charge is 0.358 e. The summed E-state index contributed by atoms with van der Waals surface area (Å²) in [4.78, 5) is 0. The van der Waals surface area contributed by atoms with Crippen LogP contribution in [0.5, 0.6) is 0 Å². The fourth-order valence-electron chi connectivity index (χ4n) is 0. The van der Waals surface area contributed by atoms with E-state index in [0.29, 0.717) is 0 Å². The minimum atomic E-state index is 0. The summed E-state index contributed by atoms with van der Waals surface area (Å²) in [5.41, 5.74) is 0. The molecule has 0 heterocycles. The van der Waals surface area contributed by atoms with Gasteiger partial charge in [-0.05, 0) is 0 Å². The zero-order chi connectivity index (χ0) is 5.41. The van der Waals surface area contributed by atoms with Crippen LogP contribution in [0, 0.1) is 14.4 Å². The topological polar surface area (TPSA) is 0 Å². The molecule has 0 bridgehead atoms. The molecule has 1 heteroatoms. The van der Waals surface area contributed by atoms with Gasteiger partial charge in [0.25, 0.3) is 0 Å². The van der Waals surface area contributed by atoms with E-state index >= 15 is 0 Å². The number of unbranched alkanes of at least 4 members (excludes halogenated alkanes) is 1. The Kier molecular flexibility index (Phi) is 122. The Hall–Kier alpha value is 1.10. The summed E-state index contributed by atoms with van der Waals surface area (Å²) in [6.45, 7) is 9.72. The van der Waals surface area contributed by atoms with E-state index in [1.165, 1.54) is 6.42 Å². The van der Waals surface area contributed by atoms with Gasteiger partial charge >= 0.3 is 0 Å². The smallest absolute Gasteiger partial charge is 0 e. The number of rotatable bonds is 1. The van der Waals surface area contributed by atoms with E-state index in [2.05, 4.69) is 13.8 Å². The summed E-state index contributed by atoms with van der Waals surface area (Å²) in [6.07, 6.45) is 2.28. The van der Waals surface area contributed by atoms with Crippen LogP contribution in [0.25, 0.3) is 0 Å². The van der Waals surface area contributed by atoms with Crippen LogP contribution in [0.15, 0.2) is 0 Å². The standard InChI is InChI=1S/C4H9.C2H6.CH3.Y/c1-3-4-2;1-2;;/h1,3-4H2,2H3;1-2H3;1H3;/q-1;;-1;. The van der Waals surface area contributed by atoms with Gasteiger partial charge in [-0.15, -0.1) is 0 Å². The summed E-state index contributed by atoms with van der Waals surface area (Å²) >= 11 is 0. The van der Waals surface area contributed by atoms with Crippen molar-refractivity contribution < 1.29 is 32.7 Å². The Labute approximate surface area is 80.3 Å². The van der Waals surface area contributed by atoms with Gasteiger partial charge in [-0.3, -0.25) is 0 Å². The third-order valence-electron chi connectivity index (χ3n) is 0.354. The van der Waals surface area contributed by atoms with Crippen LogP contribution in [0.2, 0.25) is 0 Å². The Morgan fingerprint density at radius 3 is 1.38 bits per heavy atom. The van der Waals surface area contributed by atoms with E-state index in [-0.39, 0.29) is 40.1 Å². The molecule has 0 nitrogen and oxygen atoms in total. The second-order valence-corrected chi connectivity index (χ2v) is 0.854. The van der Waals surface area contributed by atoms with Gasteiger partial charge in [0, 0.05) is 32.7 Å². The second kappa shape index (κ2) is 42.4. The fraction of sp³-hybridized carbons (Fsp3) is 0.714. The molecule has 0 fully saturated rings. The molecule has 0 unspecified atom stereocenters. The molecule has 1 radical (unpaired) electrons. The van der Waals surface area contributed by atoms with Crippen LogP contribution >= 0.6 is 0 Å². The first-order valence-electron chi connectivity index (χ1n) is 2.71. The maximum Gasteiger partial charge on any atom is 0 e. The molecule has 0 atom stereocenters. The zero-order valence-electron chi connectivity index (χ0n) is 6.70. The Morgan fingerprint density at radius 2 is 1.38 bits per heavy atom. The summed E-state index contributed by atoms with van der Waals surface area (Å²) in [5, 5.41) is 0. The van der Waals surface area contributed by atoms with Crippen LogP contribution < -0.4 is 0 Å². The van der Waals surface area contributed by atoms with Gasteiger partial charge in [-0.25, -0.2) is 0 Å². The molecule has 0 aromatic carbocycles. The van der Waals surface area contributed by atoms with Crippen LogP contribution in [-0.2, 0) is 32.7 Å². The molecule has 0 aromatic heterocycles. The first-order chi connectivity index (χ1) is 2.91. The first-order valence-corrected chi connectivity index (χ1v) is 2.71. The summed E-state index contributed by atoms with van der Waals surface area (Å²) in [6, 6.07) is 0. The Balaban J connectivity index is -0.0000000183. The van der Waals surface area contributed by atoms with E-state index in [9.17, 15) is 0 Å². The molecule has 0 aliphatic heterocycles. The molecule has 0 saturated heterocycles. The van der Waals surface area contributed by atoms with Crippen LogP contribution in [-0.4, -0.2) is 0 Å². The zero-order valence-corrected chi connectivity index (χ0v) is 9.54. The molecular formula is C7H18Y-2. The molecule has 8 heavy (non-hydrogen) atoms. The monoisotopic (exact) mass is 191 g/mol. The molecule has 51 valence electrons. The van der Waals surface area contributed by atoms with Gasteiger partial charge in [0.1, 0.15) is 0 Å². The minimum absolute atomic E-state index is 0. The molecule has 0 spiro atoms. The van der Waals surface area contributed by atoms with Crippen molar-refractivity contribution in [1.29, 1.82) is 0 Å². The third kappa shape index (κ3) is 59.8. The first kappa shape index (κ1) is 23.0. The van der Waals surface area contributed by atoms with Crippen molar-refractivity contribution in [2.24, 2.45) is 0 Å². The number of hydrogen-bond donors (Lipinski definition) is 0. The van der Waals surface area contributed by atoms with Crippen molar-refractivity contribution in [3.63, 3.8) is 0 Å². The normalized spacial score (nSPS) is 4.50. The molecule has 0 N–H and O–H groups in total. The molecule has 0 rings (SSSR count). The van der Waals surface area contributed by atoms with E-state index in [1.54, 1.807) is 0 Å². The van der Waals surface area contributed by atoms with Crippen LogP contribution in [0.3, 0.4) is 0 Å². The van der Waals surface area contributed by atoms with E-state index in [4.69, 9.17) is 0 Å². The quantitative estimate of drug-likeness (QED) is 0.558. The van der Waals surface area contributed by atoms with E-state index < -0.39 is 0 Å². The molecule has 0 aliphatic rings. The Morgan fingerprint density at radius 1 is 1.25 bits per heavy atom. The van der Waals surface area contributed by atoms with Gasteiger partial charge in [0.05, 0.1) is 0 Å². The summed E-state index contributed by atoms with van der Waals surface area (Å²) < 4.78 is 0. The molecule has 0 aliphatic carbocycles. The number of hydrogen-bond acceptors (Lipinski definition) is 0. The fourth-order valence-corrected chi connectivity index (χ4v) is 0. The molecular weight excluding hydrogens is 173 g/mol. The predicted molar refractivity (Wildman–Crippen MR) is 38.0 cm³/mol. The molecule has 0 aromatic rings. The summed E-state index contributed by atoms with van der Waals surface area (Å²) in [5.74, 6) is 0. The predicted octanol–water partition coefficient (Wildman–Crippen LogP) is 3.09. The van der Waals surface area contributed by atoms with Crippen molar-refractivity contribution in [2.45, 2.75) is 33.6 Å². The van der Waals surface area contributed by atoms with Gasteiger partial charge < -0.3 is 14.4 Å². The second-order valence-electron chi connectivity index (χ2n) is 0.854. The molecule has 0 amide bonds. The molecule has 0 saturated carbocycles. The van der Waals surface area contributed by atoms with Crippen molar-refractivity contribution in [2.75, 3.05) is 0 Å². The Bertz CT molecular complexity index is 6.35. The van der Waals surface area contributed by atoms with E-state index in [1.807, 2.05) is 13.8 Å².